The molecule has 1 heterocycles. The van der Waals surface area contributed by atoms with Crippen LogP contribution in [0.5, 0.6) is 0 Å². The van der Waals surface area contributed by atoms with Crippen molar-refractivity contribution >= 4 is 22.4 Å². The van der Waals surface area contributed by atoms with Gasteiger partial charge in [0.25, 0.3) is 0 Å². The van der Waals surface area contributed by atoms with Crippen LogP contribution in [0.15, 0.2) is 29.2 Å². The highest BCUT2D eigenvalue weighted by Gasteiger charge is 2.33. The normalized spacial score (nSPS) is 24.8. The van der Waals surface area contributed by atoms with Crippen LogP contribution in [-0.2, 0) is 10.0 Å². The molecule has 0 bridgehead atoms. The number of hydrogen-bond donors (Lipinski definition) is 1. The molecular weight excluding hydrogens is 291 g/mol. The number of piperidine rings is 1. The molecule has 108 valence electrons. The first-order valence-electron chi connectivity index (χ1n) is 5.93. The van der Waals surface area contributed by atoms with Crippen molar-refractivity contribution in [2.75, 3.05) is 13.1 Å². The van der Waals surface area contributed by atoms with Crippen LogP contribution in [0.4, 0.5) is 4.39 Å². The molecule has 0 aromatic heterocycles. The molecule has 0 aliphatic carbocycles. The molecule has 4 nitrogen and oxygen atoms in total. The molecule has 1 fully saturated rings. The third-order valence-electron chi connectivity index (χ3n) is 3.39. The second-order valence-corrected chi connectivity index (χ2v) is 6.63. The third-order valence-corrected chi connectivity index (χ3v) is 5.29. The van der Waals surface area contributed by atoms with Crippen molar-refractivity contribution in [2.45, 2.75) is 24.3 Å². The lowest BCUT2D eigenvalue weighted by Gasteiger charge is -2.34. The maximum atomic E-state index is 13.6. The Kier molecular flexibility index (Phi) is 5.32. The van der Waals surface area contributed by atoms with Crippen LogP contribution in [-0.4, -0.2) is 31.9 Å². The largest absolute Gasteiger partial charge is 0.327 e. The summed E-state index contributed by atoms with van der Waals surface area (Å²) in [7, 11) is -3.75. The summed E-state index contributed by atoms with van der Waals surface area (Å²) in [5.74, 6) is -0.625. The lowest BCUT2D eigenvalue weighted by molar-refractivity contribution is 0.249. The first-order chi connectivity index (χ1) is 8.43. The molecule has 2 rings (SSSR count). The third kappa shape index (κ3) is 3.25. The number of halogens is 2. The Morgan fingerprint density at radius 2 is 2.00 bits per heavy atom. The highest BCUT2D eigenvalue weighted by molar-refractivity contribution is 7.89. The Morgan fingerprint density at radius 3 is 2.58 bits per heavy atom. The van der Waals surface area contributed by atoms with Gasteiger partial charge >= 0.3 is 0 Å². The van der Waals surface area contributed by atoms with E-state index in [2.05, 4.69) is 0 Å². The van der Waals surface area contributed by atoms with E-state index >= 15 is 0 Å². The van der Waals surface area contributed by atoms with E-state index in [1.807, 2.05) is 6.92 Å². The van der Waals surface area contributed by atoms with Crippen LogP contribution in [0, 0.1) is 11.7 Å². The van der Waals surface area contributed by atoms with Crippen molar-refractivity contribution in [1.29, 1.82) is 0 Å². The van der Waals surface area contributed by atoms with Crippen LogP contribution in [0.2, 0.25) is 0 Å². The molecule has 2 N–H and O–H groups in total. The fourth-order valence-corrected chi connectivity index (χ4v) is 3.76. The number of nitrogens with zero attached hydrogens (tertiary/aromatic N) is 1. The van der Waals surface area contributed by atoms with E-state index in [1.165, 1.54) is 22.5 Å². The highest BCUT2D eigenvalue weighted by Crippen LogP contribution is 2.24. The van der Waals surface area contributed by atoms with Gasteiger partial charge in [0, 0.05) is 19.1 Å². The van der Waals surface area contributed by atoms with E-state index in [9.17, 15) is 12.8 Å². The Bertz CT molecular complexity index is 538. The van der Waals surface area contributed by atoms with Crippen LogP contribution < -0.4 is 5.73 Å². The Balaban J connectivity index is 0.00000180. The number of nitrogens with two attached hydrogens (primary N) is 1. The summed E-state index contributed by atoms with van der Waals surface area (Å²) in [4.78, 5) is -0.257. The van der Waals surface area contributed by atoms with Gasteiger partial charge in [0.1, 0.15) is 10.7 Å². The highest BCUT2D eigenvalue weighted by atomic mass is 35.5. The number of rotatable bonds is 2. The second kappa shape index (κ2) is 6.17. The van der Waals surface area contributed by atoms with E-state index in [4.69, 9.17) is 5.73 Å². The van der Waals surface area contributed by atoms with Crippen molar-refractivity contribution in [2.24, 2.45) is 11.7 Å². The van der Waals surface area contributed by atoms with E-state index in [0.29, 0.717) is 19.5 Å². The minimum absolute atomic E-state index is 0. The number of sulfonamides is 1. The zero-order valence-corrected chi connectivity index (χ0v) is 12.3. The standard InChI is InChI=1S/C12H17FN2O2S.ClH/c1-9-8-15(7-6-11(9)14)18(16,17)12-5-3-2-4-10(12)13;/h2-5,9,11H,6-8,14H2,1H3;1H. The van der Waals surface area contributed by atoms with E-state index in [0.717, 1.165) is 6.07 Å². The minimum atomic E-state index is -3.75. The molecule has 2 atom stereocenters. The van der Waals surface area contributed by atoms with Crippen LogP contribution in [0.25, 0.3) is 0 Å². The number of hydrogen-bond acceptors (Lipinski definition) is 3. The summed E-state index contributed by atoms with van der Waals surface area (Å²) in [6.45, 7) is 2.60. The van der Waals surface area contributed by atoms with Crippen molar-refractivity contribution in [3.63, 3.8) is 0 Å². The summed E-state index contributed by atoms with van der Waals surface area (Å²) in [6, 6.07) is 5.46. The predicted molar refractivity (Wildman–Crippen MR) is 74.2 cm³/mol. The first kappa shape index (κ1) is 16.4. The summed E-state index contributed by atoms with van der Waals surface area (Å²) in [5.41, 5.74) is 5.86. The van der Waals surface area contributed by atoms with Gasteiger partial charge in [-0.2, -0.15) is 4.31 Å². The van der Waals surface area contributed by atoms with Gasteiger partial charge in [-0.05, 0) is 24.5 Å². The quantitative estimate of drug-likeness (QED) is 0.902. The first-order valence-corrected chi connectivity index (χ1v) is 7.37. The molecule has 2 unspecified atom stereocenters. The summed E-state index contributed by atoms with van der Waals surface area (Å²) in [6.07, 6.45) is 0.606. The van der Waals surface area contributed by atoms with Gasteiger partial charge in [-0.3, -0.25) is 0 Å². The van der Waals surface area contributed by atoms with Crippen molar-refractivity contribution in [3.05, 3.63) is 30.1 Å². The van der Waals surface area contributed by atoms with E-state index < -0.39 is 15.8 Å². The van der Waals surface area contributed by atoms with Crippen LogP contribution in [0.1, 0.15) is 13.3 Å². The molecule has 0 amide bonds. The SMILES string of the molecule is CC1CN(S(=O)(=O)c2ccccc2F)CCC1N.Cl. The monoisotopic (exact) mass is 308 g/mol. The fraction of sp³-hybridized carbons (Fsp3) is 0.500. The zero-order chi connectivity index (χ0) is 13.3. The molecule has 0 spiro atoms. The fourth-order valence-electron chi connectivity index (χ4n) is 2.14. The molecule has 19 heavy (non-hydrogen) atoms. The molecule has 1 aromatic rings. The van der Waals surface area contributed by atoms with Crippen molar-refractivity contribution in [3.8, 4) is 0 Å². The molecule has 7 heteroatoms. The van der Waals surface area contributed by atoms with Gasteiger partial charge < -0.3 is 5.73 Å². The van der Waals surface area contributed by atoms with Gasteiger partial charge in [0.05, 0.1) is 0 Å². The maximum absolute atomic E-state index is 13.6. The van der Waals surface area contributed by atoms with Gasteiger partial charge in [0.15, 0.2) is 0 Å². The van der Waals surface area contributed by atoms with E-state index in [-0.39, 0.29) is 29.3 Å². The van der Waals surface area contributed by atoms with Gasteiger partial charge in [-0.15, -0.1) is 12.4 Å². The topological polar surface area (TPSA) is 63.4 Å². The Labute approximate surface area is 119 Å². The maximum Gasteiger partial charge on any atom is 0.245 e. The smallest absolute Gasteiger partial charge is 0.245 e. The average molecular weight is 309 g/mol. The predicted octanol–water partition coefficient (Wildman–Crippen LogP) is 1.61. The Hall–Kier alpha value is -0.690. The molecule has 1 saturated heterocycles. The van der Waals surface area contributed by atoms with Crippen molar-refractivity contribution in [1.82, 2.24) is 4.31 Å². The molecule has 0 radical (unpaired) electrons. The van der Waals surface area contributed by atoms with Gasteiger partial charge in [-0.25, -0.2) is 12.8 Å². The molecule has 1 aliphatic heterocycles. The van der Waals surface area contributed by atoms with Crippen molar-refractivity contribution < 1.29 is 12.8 Å². The zero-order valence-electron chi connectivity index (χ0n) is 10.6. The molecule has 0 saturated carbocycles. The summed E-state index contributed by atoms with van der Waals surface area (Å²) in [5, 5.41) is 0. The van der Waals surface area contributed by atoms with Crippen LogP contribution >= 0.6 is 12.4 Å². The molecular formula is C12H18ClFN2O2S. The lowest BCUT2D eigenvalue weighted by Crippen LogP contribution is -2.48. The molecule has 1 aromatic carbocycles. The number of benzene rings is 1. The Morgan fingerprint density at radius 1 is 1.37 bits per heavy atom. The van der Waals surface area contributed by atoms with Gasteiger partial charge in [0.2, 0.25) is 10.0 Å². The van der Waals surface area contributed by atoms with Gasteiger partial charge in [-0.1, -0.05) is 19.1 Å². The average Bonchev–Trinajstić information content (AvgIpc) is 2.33. The summed E-state index contributed by atoms with van der Waals surface area (Å²) < 4.78 is 39.5. The van der Waals surface area contributed by atoms with Crippen LogP contribution in [0.3, 0.4) is 0 Å². The molecule has 1 aliphatic rings. The lowest BCUT2D eigenvalue weighted by atomic mass is 9.96. The second-order valence-electron chi connectivity index (χ2n) is 4.72. The van der Waals surface area contributed by atoms with E-state index in [1.54, 1.807) is 0 Å². The summed E-state index contributed by atoms with van der Waals surface area (Å²) >= 11 is 0. The minimum Gasteiger partial charge on any atom is -0.327 e.